The molecule has 1 aromatic carbocycles. The Labute approximate surface area is 132 Å². The lowest BCUT2D eigenvalue weighted by Gasteiger charge is -2.16. The Bertz CT molecular complexity index is 603. The molecule has 0 radical (unpaired) electrons. The van der Waals surface area contributed by atoms with Crippen molar-refractivity contribution < 1.29 is 9.50 Å². The zero-order valence-electron chi connectivity index (χ0n) is 11.9. The van der Waals surface area contributed by atoms with Gasteiger partial charge < -0.3 is 10.4 Å². The molecular weight excluding hydrogens is 311 g/mol. The lowest BCUT2D eigenvalue weighted by Crippen LogP contribution is -2.24. The van der Waals surface area contributed by atoms with Gasteiger partial charge in [0.1, 0.15) is 5.82 Å². The average molecular weight is 329 g/mol. The molecule has 1 unspecified atom stereocenters. The van der Waals surface area contributed by atoms with Gasteiger partial charge in [-0.05, 0) is 17.7 Å². The van der Waals surface area contributed by atoms with E-state index in [2.05, 4.69) is 24.1 Å². The largest absolute Gasteiger partial charge is 0.394 e. The highest BCUT2D eigenvalue weighted by Crippen LogP contribution is 2.22. The first-order valence-electron chi connectivity index (χ1n) is 6.74. The molecule has 1 atom stereocenters. The van der Waals surface area contributed by atoms with Crippen molar-refractivity contribution in [1.29, 1.82) is 0 Å². The number of hydrogen-bond acceptors (Lipinski definition) is 4. The Kier molecular flexibility index (Phi) is 5.70. The van der Waals surface area contributed by atoms with Gasteiger partial charge in [0.2, 0.25) is 0 Å². The number of aromatic nitrogens is 1. The van der Waals surface area contributed by atoms with Crippen molar-refractivity contribution in [3.63, 3.8) is 0 Å². The maximum atomic E-state index is 13.5. The molecule has 6 heteroatoms. The SMILES string of the molecule is CC(C)c1nc(CNC(CO)c2ccc(Cl)c(F)c2)cs1. The summed E-state index contributed by atoms with van der Waals surface area (Å²) in [5.74, 6) is -0.0760. The minimum atomic E-state index is -0.481. The Hall–Kier alpha value is -1.01. The quantitative estimate of drug-likeness (QED) is 0.845. The van der Waals surface area contributed by atoms with Crippen LogP contribution in [-0.4, -0.2) is 16.7 Å². The Morgan fingerprint density at radius 3 is 2.76 bits per heavy atom. The fraction of sp³-hybridized carbons (Fsp3) is 0.400. The molecule has 0 amide bonds. The van der Waals surface area contributed by atoms with Crippen LogP contribution in [0.3, 0.4) is 0 Å². The van der Waals surface area contributed by atoms with E-state index < -0.39 is 5.82 Å². The molecule has 2 aromatic rings. The van der Waals surface area contributed by atoms with Crippen LogP contribution in [0, 0.1) is 5.82 Å². The van der Waals surface area contributed by atoms with E-state index in [0.29, 0.717) is 18.0 Å². The molecular formula is C15H18ClFN2OS. The maximum absolute atomic E-state index is 13.5. The van der Waals surface area contributed by atoms with Gasteiger partial charge in [-0.2, -0.15) is 0 Å². The van der Waals surface area contributed by atoms with Crippen LogP contribution in [0.25, 0.3) is 0 Å². The molecule has 0 fully saturated rings. The molecule has 21 heavy (non-hydrogen) atoms. The van der Waals surface area contributed by atoms with Crippen molar-refractivity contribution in [3.05, 3.63) is 50.7 Å². The molecule has 2 N–H and O–H groups in total. The van der Waals surface area contributed by atoms with Gasteiger partial charge in [0.25, 0.3) is 0 Å². The molecule has 3 nitrogen and oxygen atoms in total. The van der Waals surface area contributed by atoms with E-state index in [0.717, 1.165) is 10.7 Å². The van der Waals surface area contributed by atoms with E-state index in [-0.39, 0.29) is 17.7 Å². The summed E-state index contributed by atoms with van der Waals surface area (Å²) in [6, 6.07) is 4.20. The minimum Gasteiger partial charge on any atom is -0.394 e. The van der Waals surface area contributed by atoms with Gasteiger partial charge in [0, 0.05) is 17.8 Å². The van der Waals surface area contributed by atoms with Crippen LogP contribution >= 0.6 is 22.9 Å². The van der Waals surface area contributed by atoms with Crippen LogP contribution in [0.5, 0.6) is 0 Å². The summed E-state index contributed by atoms with van der Waals surface area (Å²) >= 11 is 7.29. The van der Waals surface area contributed by atoms with E-state index in [1.54, 1.807) is 17.4 Å². The van der Waals surface area contributed by atoms with Gasteiger partial charge in [0.05, 0.1) is 28.4 Å². The Morgan fingerprint density at radius 1 is 1.43 bits per heavy atom. The molecule has 0 saturated heterocycles. The fourth-order valence-corrected chi connectivity index (χ4v) is 2.87. The Morgan fingerprint density at radius 2 is 2.19 bits per heavy atom. The second kappa shape index (κ2) is 7.31. The van der Waals surface area contributed by atoms with Crippen LogP contribution in [0.4, 0.5) is 4.39 Å². The summed E-state index contributed by atoms with van der Waals surface area (Å²) in [5.41, 5.74) is 1.59. The zero-order chi connectivity index (χ0) is 15.4. The molecule has 0 spiro atoms. The molecule has 1 aromatic heterocycles. The van der Waals surface area contributed by atoms with Gasteiger partial charge in [-0.15, -0.1) is 11.3 Å². The number of benzene rings is 1. The topological polar surface area (TPSA) is 45.2 Å². The van der Waals surface area contributed by atoms with Crippen LogP contribution < -0.4 is 5.32 Å². The molecule has 0 aliphatic carbocycles. The van der Waals surface area contributed by atoms with Crippen molar-refractivity contribution in [2.45, 2.75) is 32.4 Å². The smallest absolute Gasteiger partial charge is 0.142 e. The van der Waals surface area contributed by atoms with E-state index in [1.807, 2.05) is 5.38 Å². The second-order valence-corrected chi connectivity index (χ2v) is 6.42. The van der Waals surface area contributed by atoms with Crippen molar-refractivity contribution in [2.75, 3.05) is 6.61 Å². The first-order valence-corrected chi connectivity index (χ1v) is 8.00. The fourth-order valence-electron chi connectivity index (χ4n) is 1.91. The van der Waals surface area contributed by atoms with Gasteiger partial charge in [-0.1, -0.05) is 31.5 Å². The highest BCUT2D eigenvalue weighted by Gasteiger charge is 2.13. The molecule has 114 valence electrons. The van der Waals surface area contributed by atoms with Crippen molar-refractivity contribution >= 4 is 22.9 Å². The second-order valence-electron chi connectivity index (χ2n) is 5.12. The van der Waals surface area contributed by atoms with Gasteiger partial charge in [0.15, 0.2) is 0 Å². The Balaban J connectivity index is 2.03. The summed E-state index contributed by atoms with van der Waals surface area (Å²) in [4.78, 5) is 4.52. The van der Waals surface area contributed by atoms with E-state index in [9.17, 15) is 9.50 Å². The number of thiazole rings is 1. The monoisotopic (exact) mass is 328 g/mol. The molecule has 2 rings (SSSR count). The first-order chi connectivity index (χ1) is 10.0. The standard InChI is InChI=1S/C15H18ClFN2OS/c1-9(2)15-19-11(8-21-15)6-18-14(7-20)10-3-4-12(16)13(17)5-10/h3-5,8-9,14,18,20H,6-7H2,1-2H3. The average Bonchev–Trinajstić information content (AvgIpc) is 2.92. The number of aliphatic hydroxyl groups is 1. The van der Waals surface area contributed by atoms with E-state index in [4.69, 9.17) is 11.6 Å². The summed E-state index contributed by atoms with van der Waals surface area (Å²) in [6.07, 6.45) is 0. The first kappa shape index (κ1) is 16.4. The highest BCUT2D eigenvalue weighted by atomic mass is 35.5. The molecule has 0 aliphatic rings. The number of halogens is 2. The predicted molar refractivity (Wildman–Crippen MR) is 84.3 cm³/mol. The van der Waals surface area contributed by atoms with Crippen LogP contribution in [0.2, 0.25) is 5.02 Å². The van der Waals surface area contributed by atoms with E-state index in [1.165, 1.54) is 12.1 Å². The van der Waals surface area contributed by atoms with E-state index >= 15 is 0 Å². The maximum Gasteiger partial charge on any atom is 0.142 e. The van der Waals surface area contributed by atoms with Gasteiger partial charge >= 0.3 is 0 Å². The minimum absolute atomic E-state index is 0.0801. The van der Waals surface area contributed by atoms with Crippen molar-refractivity contribution in [2.24, 2.45) is 0 Å². The molecule has 0 bridgehead atoms. The lowest BCUT2D eigenvalue weighted by atomic mass is 10.1. The number of nitrogens with one attached hydrogen (secondary N) is 1. The van der Waals surface area contributed by atoms with Crippen LogP contribution in [-0.2, 0) is 6.54 Å². The van der Waals surface area contributed by atoms with Crippen LogP contribution in [0.1, 0.15) is 42.1 Å². The normalized spacial score (nSPS) is 12.9. The number of aliphatic hydroxyl groups excluding tert-OH is 1. The van der Waals surface area contributed by atoms with Crippen molar-refractivity contribution in [3.8, 4) is 0 Å². The summed E-state index contributed by atoms with van der Waals surface area (Å²) in [6.45, 7) is 4.60. The van der Waals surface area contributed by atoms with Crippen molar-refractivity contribution in [1.82, 2.24) is 10.3 Å². The molecule has 1 heterocycles. The number of rotatable bonds is 6. The zero-order valence-corrected chi connectivity index (χ0v) is 13.5. The highest BCUT2D eigenvalue weighted by molar-refractivity contribution is 7.09. The third-order valence-corrected chi connectivity index (χ3v) is 4.62. The van der Waals surface area contributed by atoms with Crippen LogP contribution in [0.15, 0.2) is 23.6 Å². The van der Waals surface area contributed by atoms with Gasteiger partial charge in [-0.25, -0.2) is 9.37 Å². The molecule has 0 saturated carbocycles. The number of nitrogens with zero attached hydrogens (tertiary/aromatic N) is 1. The lowest BCUT2D eigenvalue weighted by molar-refractivity contribution is 0.243. The van der Waals surface area contributed by atoms with Gasteiger partial charge in [-0.3, -0.25) is 0 Å². The molecule has 0 aliphatic heterocycles. The predicted octanol–water partition coefficient (Wildman–Crippen LogP) is 3.88. The summed E-state index contributed by atoms with van der Waals surface area (Å²) in [5, 5.41) is 15.8. The third-order valence-electron chi connectivity index (χ3n) is 3.12. The third kappa shape index (κ3) is 4.23. The number of hydrogen-bond donors (Lipinski definition) is 2. The summed E-state index contributed by atoms with van der Waals surface area (Å²) < 4.78 is 13.5. The summed E-state index contributed by atoms with van der Waals surface area (Å²) in [7, 11) is 0.